The molecule has 4 nitrogen and oxygen atoms in total. The van der Waals surface area contributed by atoms with Gasteiger partial charge in [-0.05, 0) is 30.9 Å². The van der Waals surface area contributed by atoms with Crippen molar-refractivity contribution in [3.8, 4) is 0 Å². The third-order valence-corrected chi connectivity index (χ3v) is 4.94. The van der Waals surface area contributed by atoms with Crippen LogP contribution >= 0.6 is 0 Å². The molecule has 1 unspecified atom stereocenters. The average Bonchev–Trinajstić information content (AvgIpc) is 3.18. The molecule has 0 bridgehead atoms. The highest BCUT2D eigenvalue weighted by Gasteiger charge is 2.39. The Morgan fingerprint density at radius 3 is 2.71 bits per heavy atom. The topological polar surface area (TPSA) is 45.5 Å². The molecule has 1 aromatic carbocycles. The monoisotopic (exact) mass is 284 g/mol. The van der Waals surface area contributed by atoms with E-state index in [1.807, 2.05) is 42.2 Å². The number of benzene rings is 1. The van der Waals surface area contributed by atoms with Crippen molar-refractivity contribution in [1.29, 1.82) is 0 Å². The molecule has 3 heterocycles. The minimum absolute atomic E-state index is 0.198. The number of fused-ring (bicyclic) bond motifs is 2. The van der Waals surface area contributed by atoms with Gasteiger partial charge in [0.05, 0.1) is 5.92 Å². The SMILES string of the molecule is CC(C(=O)N1C[C@H]2CNC[C@H]2C1)c1cc2ccccc2o1. The van der Waals surface area contributed by atoms with Crippen molar-refractivity contribution in [3.63, 3.8) is 0 Å². The smallest absolute Gasteiger partial charge is 0.233 e. The number of likely N-dealkylation sites (tertiary alicyclic amines) is 1. The second kappa shape index (κ2) is 4.88. The zero-order valence-corrected chi connectivity index (χ0v) is 12.2. The van der Waals surface area contributed by atoms with E-state index in [0.717, 1.165) is 42.9 Å². The Balaban J connectivity index is 1.54. The zero-order valence-electron chi connectivity index (χ0n) is 12.2. The van der Waals surface area contributed by atoms with Crippen LogP contribution in [0.3, 0.4) is 0 Å². The molecular formula is C17H20N2O2. The van der Waals surface area contributed by atoms with Gasteiger partial charge >= 0.3 is 0 Å². The minimum atomic E-state index is -0.204. The van der Waals surface area contributed by atoms with E-state index in [2.05, 4.69) is 5.32 Å². The van der Waals surface area contributed by atoms with Gasteiger partial charge in [0.1, 0.15) is 11.3 Å². The Kier molecular flexibility index (Phi) is 3.00. The van der Waals surface area contributed by atoms with Crippen LogP contribution in [0, 0.1) is 11.8 Å². The summed E-state index contributed by atoms with van der Waals surface area (Å²) in [5.74, 6) is 2.04. The molecule has 0 aliphatic carbocycles. The van der Waals surface area contributed by atoms with E-state index in [4.69, 9.17) is 4.42 Å². The van der Waals surface area contributed by atoms with Gasteiger partial charge in [-0.3, -0.25) is 4.79 Å². The van der Waals surface area contributed by atoms with Crippen LogP contribution in [-0.4, -0.2) is 37.0 Å². The van der Waals surface area contributed by atoms with E-state index in [1.165, 1.54) is 0 Å². The third-order valence-electron chi connectivity index (χ3n) is 4.94. The number of hydrogen-bond acceptors (Lipinski definition) is 3. The third kappa shape index (κ3) is 2.14. The summed E-state index contributed by atoms with van der Waals surface area (Å²) in [7, 11) is 0. The lowest BCUT2D eigenvalue weighted by Crippen LogP contribution is -2.34. The van der Waals surface area contributed by atoms with Gasteiger partial charge in [-0.2, -0.15) is 0 Å². The Hall–Kier alpha value is -1.81. The van der Waals surface area contributed by atoms with Crippen LogP contribution in [0.4, 0.5) is 0 Å². The van der Waals surface area contributed by atoms with Gasteiger partial charge in [0, 0.05) is 31.6 Å². The van der Waals surface area contributed by atoms with Crippen LogP contribution in [0.15, 0.2) is 34.7 Å². The Labute approximate surface area is 124 Å². The molecule has 3 atom stereocenters. The van der Waals surface area contributed by atoms with E-state index in [0.29, 0.717) is 11.8 Å². The second-order valence-corrected chi connectivity index (χ2v) is 6.33. The highest BCUT2D eigenvalue weighted by atomic mass is 16.3. The van der Waals surface area contributed by atoms with Crippen molar-refractivity contribution in [3.05, 3.63) is 36.1 Å². The number of furan rings is 1. The summed E-state index contributed by atoms with van der Waals surface area (Å²) < 4.78 is 5.84. The number of carbonyl (C=O) groups excluding carboxylic acids is 1. The number of rotatable bonds is 2. The lowest BCUT2D eigenvalue weighted by atomic mass is 10.0. The molecule has 0 saturated carbocycles. The molecule has 4 heteroatoms. The molecule has 1 aromatic heterocycles. The predicted molar refractivity (Wildman–Crippen MR) is 81.1 cm³/mol. The molecule has 1 N–H and O–H groups in total. The van der Waals surface area contributed by atoms with E-state index in [-0.39, 0.29) is 11.8 Å². The van der Waals surface area contributed by atoms with Gasteiger partial charge < -0.3 is 14.6 Å². The molecule has 0 spiro atoms. The van der Waals surface area contributed by atoms with Crippen LogP contribution in [-0.2, 0) is 4.79 Å². The summed E-state index contributed by atoms with van der Waals surface area (Å²) in [6.07, 6.45) is 0. The van der Waals surface area contributed by atoms with Crippen molar-refractivity contribution in [2.45, 2.75) is 12.8 Å². The van der Waals surface area contributed by atoms with Gasteiger partial charge in [0.15, 0.2) is 0 Å². The van der Waals surface area contributed by atoms with E-state index in [9.17, 15) is 4.79 Å². The quantitative estimate of drug-likeness (QED) is 0.919. The summed E-state index contributed by atoms with van der Waals surface area (Å²) >= 11 is 0. The summed E-state index contributed by atoms with van der Waals surface area (Å²) in [5, 5.41) is 4.47. The normalized spacial score (nSPS) is 26.2. The number of amides is 1. The first-order valence-electron chi connectivity index (χ1n) is 7.70. The van der Waals surface area contributed by atoms with Crippen LogP contribution < -0.4 is 5.32 Å². The standard InChI is InChI=1S/C17H20N2O2/c1-11(16-6-12-4-2-3-5-15(12)21-16)17(20)19-9-13-7-18-8-14(13)10-19/h2-6,11,13-14,18H,7-10H2,1H3/t11?,13-,14+. The van der Waals surface area contributed by atoms with Crippen molar-refractivity contribution in [2.24, 2.45) is 11.8 Å². The van der Waals surface area contributed by atoms with Crippen LogP contribution in [0.1, 0.15) is 18.6 Å². The lowest BCUT2D eigenvalue weighted by molar-refractivity contribution is -0.132. The Bertz CT molecular complexity index is 633. The number of hydrogen-bond donors (Lipinski definition) is 1. The van der Waals surface area contributed by atoms with Gasteiger partial charge in [0.25, 0.3) is 0 Å². The van der Waals surface area contributed by atoms with Gasteiger partial charge in [-0.1, -0.05) is 18.2 Å². The molecule has 110 valence electrons. The molecular weight excluding hydrogens is 264 g/mol. The Morgan fingerprint density at radius 1 is 1.29 bits per heavy atom. The molecule has 21 heavy (non-hydrogen) atoms. The number of nitrogens with zero attached hydrogens (tertiary/aromatic N) is 1. The van der Waals surface area contributed by atoms with Crippen LogP contribution in [0.2, 0.25) is 0 Å². The summed E-state index contributed by atoms with van der Waals surface area (Å²) in [6.45, 7) is 5.83. The van der Waals surface area contributed by atoms with E-state index in [1.54, 1.807) is 0 Å². The fourth-order valence-corrected chi connectivity index (χ4v) is 3.65. The maximum Gasteiger partial charge on any atom is 0.233 e. The van der Waals surface area contributed by atoms with Gasteiger partial charge in [-0.25, -0.2) is 0 Å². The van der Waals surface area contributed by atoms with E-state index >= 15 is 0 Å². The molecule has 2 aromatic rings. The first kappa shape index (κ1) is 12.9. The summed E-state index contributed by atoms with van der Waals surface area (Å²) in [6, 6.07) is 9.91. The number of carbonyl (C=O) groups is 1. The maximum absolute atomic E-state index is 12.7. The van der Waals surface area contributed by atoms with E-state index < -0.39 is 0 Å². The fourth-order valence-electron chi connectivity index (χ4n) is 3.65. The highest BCUT2D eigenvalue weighted by Crippen LogP contribution is 2.31. The highest BCUT2D eigenvalue weighted by molar-refractivity contribution is 5.85. The first-order valence-corrected chi connectivity index (χ1v) is 7.70. The molecule has 1 amide bonds. The first-order chi connectivity index (χ1) is 10.2. The molecule has 2 saturated heterocycles. The number of nitrogens with one attached hydrogen (secondary N) is 1. The lowest BCUT2D eigenvalue weighted by Gasteiger charge is -2.20. The van der Waals surface area contributed by atoms with Gasteiger partial charge in [0.2, 0.25) is 5.91 Å². The molecule has 2 aliphatic heterocycles. The molecule has 0 radical (unpaired) electrons. The van der Waals surface area contributed by atoms with Crippen molar-refractivity contribution in [2.75, 3.05) is 26.2 Å². The average molecular weight is 284 g/mol. The zero-order chi connectivity index (χ0) is 14.4. The van der Waals surface area contributed by atoms with Crippen molar-refractivity contribution < 1.29 is 9.21 Å². The largest absolute Gasteiger partial charge is 0.460 e. The Morgan fingerprint density at radius 2 is 2.00 bits per heavy atom. The molecule has 2 fully saturated rings. The van der Waals surface area contributed by atoms with Crippen molar-refractivity contribution >= 4 is 16.9 Å². The fraction of sp³-hybridized carbons (Fsp3) is 0.471. The van der Waals surface area contributed by atoms with Crippen molar-refractivity contribution in [1.82, 2.24) is 10.2 Å². The maximum atomic E-state index is 12.7. The molecule has 2 aliphatic rings. The van der Waals surface area contributed by atoms with Crippen LogP contribution in [0.5, 0.6) is 0 Å². The minimum Gasteiger partial charge on any atom is -0.460 e. The summed E-state index contributed by atoms with van der Waals surface area (Å²) in [5.41, 5.74) is 0.856. The number of para-hydroxylation sites is 1. The molecule has 4 rings (SSSR count). The van der Waals surface area contributed by atoms with Crippen LogP contribution in [0.25, 0.3) is 11.0 Å². The van der Waals surface area contributed by atoms with Gasteiger partial charge in [-0.15, -0.1) is 0 Å². The second-order valence-electron chi connectivity index (χ2n) is 6.33. The summed E-state index contributed by atoms with van der Waals surface area (Å²) in [4.78, 5) is 14.7. The predicted octanol–water partition coefficient (Wildman–Crippen LogP) is 2.21.